The predicted octanol–water partition coefficient (Wildman–Crippen LogP) is 2.59. The summed E-state index contributed by atoms with van der Waals surface area (Å²) in [6.45, 7) is 2.21. The highest BCUT2D eigenvalue weighted by atomic mass is 14.4. The highest BCUT2D eigenvalue weighted by Gasteiger charge is 1.85. The lowest BCUT2D eigenvalue weighted by atomic mass is 10.1. The summed E-state index contributed by atoms with van der Waals surface area (Å²) >= 11 is 0. The van der Waals surface area contributed by atoms with Crippen LogP contribution in [0.5, 0.6) is 0 Å². The molecule has 0 aromatic rings. The molecule has 0 aliphatic carbocycles. The van der Waals surface area contributed by atoms with Gasteiger partial charge in [0.25, 0.3) is 0 Å². The molecule has 0 aromatic carbocycles. The zero-order chi connectivity index (χ0) is 7.66. The van der Waals surface area contributed by atoms with Crippen molar-refractivity contribution in [3.8, 4) is 12.0 Å². The van der Waals surface area contributed by atoms with Gasteiger partial charge in [-0.25, -0.2) is 0 Å². The average molecular weight is 138 g/mol. The lowest BCUT2D eigenvalue weighted by Gasteiger charge is -1.93. The first-order valence-electron chi connectivity index (χ1n) is 4.06. The van der Waals surface area contributed by atoms with Crippen molar-refractivity contribution < 1.29 is 0 Å². The summed E-state index contributed by atoms with van der Waals surface area (Å²) in [6, 6.07) is 2.16. The van der Waals surface area contributed by atoms with Gasteiger partial charge in [0.1, 0.15) is 0 Å². The van der Waals surface area contributed by atoms with Crippen LogP contribution in [0.15, 0.2) is 0 Å². The third-order valence-corrected chi connectivity index (χ3v) is 1.49. The molecule has 0 saturated carbocycles. The number of rotatable bonds is 5. The van der Waals surface area contributed by atoms with Crippen molar-refractivity contribution >= 4 is 0 Å². The Morgan fingerprint density at radius 3 is 2.40 bits per heavy atom. The van der Waals surface area contributed by atoms with Crippen LogP contribution < -0.4 is 5.73 Å². The molecule has 0 aliphatic rings. The van der Waals surface area contributed by atoms with Gasteiger partial charge in [0.05, 0.1) is 0 Å². The fraction of sp³-hybridized carbons (Fsp3) is 0.778. The second-order valence-corrected chi connectivity index (χ2v) is 2.47. The molecule has 0 aliphatic heterocycles. The van der Waals surface area contributed by atoms with Gasteiger partial charge in [-0.1, -0.05) is 38.5 Å². The van der Waals surface area contributed by atoms with Crippen molar-refractivity contribution in [1.82, 2.24) is 5.73 Å². The maximum Gasteiger partial charge on any atom is 0.0254 e. The Hall–Kier alpha value is -0.640. The van der Waals surface area contributed by atoms with E-state index in [2.05, 4.69) is 18.9 Å². The SMILES string of the molecule is CCCCCCCC#C[NH]. The monoisotopic (exact) mass is 138 g/mol. The van der Waals surface area contributed by atoms with Gasteiger partial charge in [-0.2, -0.15) is 0 Å². The second-order valence-electron chi connectivity index (χ2n) is 2.47. The van der Waals surface area contributed by atoms with E-state index in [1.54, 1.807) is 0 Å². The minimum atomic E-state index is 0.910. The fourth-order valence-corrected chi connectivity index (χ4v) is 0.879. The fourth-order valence-electron chi connectivity index (χ4n) is 0.879. The molecule has 0 aromatic heterocycles. The molecule has 0 atom stereocenters. The largest absolute Gasteiger partial charge is 0.252 e. The first-order chi connectivity index (χ1) is 4.91. The van der Waals surface area contributed by atoms with E-state index in [0.29, 0.717) is 0 Å². The molecular formula is C9H16N. The van der Waals surface area contributed by atoms with Crippen molar-refractivity contribution in [3.05, 3.63) is 0 Å². The van der Waals surface area contributed by atoms with Gasteiger partial charge in [-0.15, -0.1) is 0 Å². The Labute approximate surface area is 64.0 Å². The van der Waals surface area contributed by atoms with E-state index in [4.69, 9.17) is 5.73 Å². The van der Waals surface area contributed by atoms with Crippen LogP contribution in [0.3, 0.4) is 0 Å². The van der Waals surface area contributed by atoms with Crippen molar-refractivity contribution in [2.45, 2.75) is 45.4 Å². The molecule has 1 N–H and O–H groups in total. The highest BCUT2D eigenvalue weighted by molar-refractivity contribution is 4.92. The molecule has 57 valence electrons. The summed E-state index contributed by atoms with van der Waals surface area (Å²) in [6.07, 6.45) is 7.33. The summed E-state index contributed by atoms with van der Waals surface area (Å²) in [5.74, 6) is 2.74. The molecule has 10 heavy (non-hydrogen) atoms. The zero-order valence-electron chi connectivity index (χ0n) is 6.74. The molecule has 0 saturated heterocycles. The van der Waals surface area contributed by atoms with E-state index >= 15 is 0 Å². The van der Waals surface area contributed by atoms with Crippen LogP contribution >= 0.6 is 0 Å². The van der Waals surface area contributed by atoms with Crippen LogP contribution in [0.1, 0.15) is 45.4 Å². The standard InChI is InChI=1S/C9H16N/c1-2-3-4-5-6-7-8-9-10/h10H,2-7H2,1H3. The van der Waals surface area contributed by atoms with Crippen LogP contribution in [-0.2, 0) is 0 Å². The summed E-state index contributed by atoms with van der Waals surface area (Å²) in [7, 11) is 0. The van der Waals surface area contributed by atoms with E-state index in [1.165, 1.54) is 32.1 Å². The van der Waals surface area contributed by atoms with Crippen molar-refractivity contribution in [2.75, 3.05) is 0 Å². The lowest BCUT2D eigenvalue weighted by Crippen LogP contribution is -1.75. The van der Waals surface area contributed by atoms with Gasteiger partial charge in [-0.05, 0) is 6.42 Å². The van der Waals surface area contributed by atoms with Gasteiger partial charge in [0.15, 0.2) is 0 Å². The quantitative estimate of drug-likeness (QED) is 0.412. The van der Waals surface area contributed by atoms with Gasteiger partial charge < -0.3 is 0 Å². The molecule has 1 heteroatoms. The van der Waals surface area contributed by atoms with Crippen LogP contribution in [-0.4, -0.2) is 0 Å². The third-order valence-electron chi connectivity index (χ3n) is 1.49. The van der Waals surface area contributed by atoms with E-state index in [-0.39, 0.29) is 0 Å². The molecule has 1 radical (unpaired) electrons. The van der Waals surface area contributed by atoms with Crippen LogP contribution in [0.25, 0.3) is 0 Å². The van der Waals surface area contributed by atoms with Crippen molar-refractivity contribution in [3.63, 3.8) is 0 Å². The predicted molar refractivity (Wildman–Crippen MR) is 44.2 cm³/mol. The molecule has 0 bridgehead atoms. The molecule has 0 heterocycles. The van der Waals surface area contributed by atoms with Crippen LogP contribution in [0.4, 0.5) is 0 Å². The first kappa shape index (κ1) is 9.36. The summed E-state index contributed by atoms with van der Waals surface area (Å²) < 4.78 is 0. The first-order valence-corrected chi connectivity index (χ1v) is 4.06. The van der Waals surface area contributed by atoms with Crippen LogP contribution in [0, 0.1) is 12.0 Å². The number of hydrogen-bond donors (Lipinski definition) is 0. The van der Waals surface area contributed by atoms with Crippen molar-refractivity contribution in [1.29, 1.82) is 0 Å². The van der Waals surface area contributed by atoms with Crippen LogP contribution in [0.2, 0.25) is 0 Å². The molecular weight excluding hydrogens is 122 g/mol. The highest BCUT2D eigenvalue weighted by Crippen LogP contribution is 2.03. The normalized spacial score (nSPS) is 8.50. The molecule has 1 nitrogen and oxygen atoms in total. The molecule has 0 rings (SSSR count). The Kier molecular flexibility index (Phi) is 7.82. The minimum Gasteiger partial charge on any atom is -0.252 e. The molecule has 0 unspecified atom stereocenters. The Morgan fingerprint density at radius 2 is 1.80 bits per heavy atom. The summed E-state index contributed by atoms with van der Waals surface area (Å²) in [5, 5.41) is 0. The number of nitrogens with one attached hydrogen (secondary N) is 1. The molecule has 0 fully saturated rings. The third kappa shape index (κ3) is 7.36. The maximum absolute atomic E-state index is 6.56. The van der Waals surface area contributed by atoms with Crippen molar-refractivity contribution in [2.24, 2.45) is 0 Å². The average Bonchev–Trinajstić information content (AvgIpc) is 1.97. The van der Waals surface area contributed by atoms with Gasteiger partial charge in [0, 0.05) is 12.5 Å². The molecule has 0 amide bonds. The maximum atomic E-state index is 6.56. The van der Waals surface area contributed by atoms with Gasteiger partial charge in [-0.3, -0.25) is 5.73 Å². The lowest BCUT2D eigenvalue weighted by molar-refractivity contribution is 0.641. The number of hydrogen-bond acceptors (Lipinski definition) is 0. The second kappa shape index (κ2) is 8.36. The summed E-state index contributed by atoms with van der Waals surface area (Å²) in [4.78, 5) is 0. The smallest absolute Gasteiger partial charge is 0.0254 e. The number of unbranched alkanes of at least 4 members (excludes halogenated alkanes) is 5. The summed E-state index contributed by atoms with van der Waals surface area (Å²) in [5.41, 5.74) is 6.56. The van der Waals surface area contributed by atoms with E-state index in [9.17, 15) is 0 Å². The molecule has 0 spiro atoms. The van der Waals surface area contributed by atoms with E-state index < -0.39 is 0 Å². The van der Waals surface area contributed by atoms with Gasteiger partial charge >= 0.3 is 0 Å². The zero-order valence-corrected chi connectivity index (χ0v) is 6.74. The Bertz CT molecular complexity index is 108. The Balaban J connectivity index is 2.82. The van der Waals surface area contributed by atoms with E-state index in [1.807, 2.05) is 0 Å². The van der Waals surface area contributed by atoms with Gasteiger partial charge in [0.2, 0.25) is 0 Å². The minimum absolute atomic E-state index is 0.910. The van der Waals surface area contributed by atoms with E-state index in [0.717, 1.165) is 6.42 Å². The topological polar surface area (TPSA) is 23.8 Å². The Morgan fingerprint density at radius 1 is 1.10 bits per heavy atom.